The number of nitrogens with one attached hydrogen (secondary N) is 1. The molecule has 0 spiro atoms. The summed E-state index contributed by atoms with van der Waals surface area (Å²) in [4.78, 5) is 20.0. The summed E-state index contributed by atoms with van der Waals surface area (Å²) in [6.07, 6.45) is 5.71. The first-order valence-electron chi connectivity index (χ1n) is 11.0. The number of hydrogen-bond donors (Lipinski definition) is 1. The van der Waals surface area contributed by atoms with E-state index in [1.165, 1.54) is 18.4 Å². The number of carbonyl (C=O) groups is 1. The summed E-state index contributed by atoms with van der Waals surface area (Å²) in [5.74, 6) is 1.83. The van der Waals surface area contributed by atoms with Crippen LogP contribution in [0.25, 0.3) is 0 Å². The van der Waals surface area contributed by atoms with Crippen molar-refractivity contribution in [3.63, 3.8) is 0 Å². The highest BCUT2D eigenvalue weighted by molar-refractivity contribution is 6.07. The van der Waals surface area contributed by atoms with Crippen molar-refractivity contribution in [2.45, 2.75) is 32.1 Å². The van der Waals surface area contributed by atoms with Crippen LogP contribution in [0, 0.1) is 11.8 Å². The fourth-order valence-electron chi connectivity index (χ4n) is 5.20. The lowest BCUT2D eigenvalue weighted by Crippen LogP contribution is -2.42. The second-order valence-corrected chi connectivity index (χ2v) is 8.66. The van der Waals surface area contributed by atoms with Gasteiger partial charge in [-0.15, -0.1) is 0 Å². The molecular formula is C25H29N3O. The van der Waals surface area contributed by atoms with Gasteiger partial charge < -0.3 is 10.2 Å². The molecule has 4 nitrogen and oxygen atoms in total. The Hall–Kier alpha value is -2.46. The minimum Gasteiger partial charge on any atom is -0.339 e. The highest BCUT2D eigenvalue weighted by atomic mass is 16.2. The van der Waals surface area contributed by atoms with Crippen LogP contribution in [0.1, 0.15) is 47.2 Å². The van der Waals surface area contributed by atoms with Crippen LogP contribution in [0.3, 0.4) is 0 Å². The number of aliphatic imine (C=N–C) groups is 1. The summed E-state index contributed by atoms with van der Waals surface area (Å²) >= 11 is 0. The summed E-state index contributed by atoms with van der Waals surface area (Å²) < 4.78 is 0. The average Bonchev–Trinajstić information content (AvgIpc) is 3.23. The third kappa shape index (κ3) is 3.86. The van der Waals surface area contributed by atoms with E-state index in [-0.39, 0.29) is 5.91 Å². The molecule has 4 heteroatoms. The second-order valence-electron chi connectivity index (χ2n) is 8.66. The lowest BCUT2D eigenvalue weighted by molar-refractivity contribution is 0.0642. The Morgan fingerprint density at radius 1 is 0.931 bits per heavy atom. The number of benzene rings is 2. The van der Waals surface area contributed by atoms with E-state index >= 15 is 0 Å². The van der Waals surface area contributed by atoms with Crippen molar-refractivity contribution in [1.29, 1.82) is 0 Å². The Morgan fingerprint density at radius 3 is 2.41 bits per heavy atom. The fourth-order valence-corrected chi connectivity index (χ4v) is 5.20. The van der Waals surface area contributed by atoms with Crippen LogP contribution in [-0.4, -0.2) is 42.7 Å². The zero-order chi connectivity index (χ0) is 19.6. The maximum atomic E-state index is 13.1. The highest BCUT2D eigenvalue weighted by Crippen LogP contribution is 2.33. The van der Waals surface area contributed by atoms with E-state index < -0.39 is 0 Å². The van der Waals surface area contributed by atoms with Gasteiger partial charge in [0.05, 0.1) is 11.4 Å². The Balaban J connectivity index is 1.23. The van der Waals surface area contributed by atoms with Gasteiger partial charge in [0.25, 0.3) is 5.91 Å². The molecule has 0 unspecified atom stereocenters. The van der Waals surface area contributed by atoms with Gasteiger partial charge in [-0.1, -0.05) is 30.3 Å². The van der Waals surface area contributed by atoms with Crippen molar-refractivity contribution in [2.24, 2.45) is 16.8 Å². The lowest BCUT2D eigenvalue weighted by atomic mass is 9.79. The fraction of sp³-hybridized carbons (Fsp3) is 0.440. The van der Waals surface area contributed by atoms with E-state index in [0.717, 1.165) is 79.8 Å². The zero-order valence-electron chi connectivity index (χ0n) is 16.9. The van der Waals surface area contributed by atoms with Crippen LogP contribution in [0.5, 0.6) is 0 Å². The van der Waals surface area contributed by atoms with Crippen molar-refractivity contribution in [3.8, 4) is 0 Å². The molecule has 3 heterocycles. The lowest BCUT2D eigenvalue weighted by Gasteiger charge is -2.37. The standard InChI is InChI=1S/C25H29N3O/c29-25(28-14-10-19(11-15-28)18-8-12-26-13-9-18)21-6-7-23-22(16-21)17-24(27-23)20-4-2-1-3-5-20/h1-7,16,18-19,26H,8-15,17H2. The normalized spacial score (nSPS) is 20.4. The molecule has 3 aliphatic heterocycles. The molecule has 2 fully saturated rings. The van der Waals surface area contributed by atoms with Crippen LogP contribution in [0.2, 0.25) is 0 Å². The van der Waals surface area contributed by atoms with Crippen molar-refractivity contribution in [3.05, 3.63) is 65.2 Å². The molecule has 3 aliphatic rings. The number of carbonyl (C=O) groups excluding carboxylic acids is 1. The second kappa shape index (κ2) is 8.11. The predicted molar refractivity (Wildman–Crippen MR) is 117 cm³/mol. The maximum Gasteiger partial charge on any atom is 0.253 e. The predicted octanol–water partition coefficient (Wildman–Crippen LogP) is 4.22. The number of hydrogen-bond acceptors (Lipinski definition) is 3. The van der Waals surface area contributed by atoms with Crippen LogP contribution in [0.4, 0.5) is 5.69 Å². The van der Waals surface area contributed by atoms with Crippen molar-refractivity contribution in [2.75, 3.05) is 26.2 Å². The summed E-state index contributed by atoms with van der Waals surface area (Å²) in [6.45, 7) is 4.12. The number of nitrogens with zero attached hydrogens (tertiary/aromatic N) is 2. The first-order chi connectivity index (χ1) is 14.3. The van der Waals surface area contributed by atoms with E-state index in [0.29, 0.717) is 0 Å². The molecule has 0 aromatic heterocycles. The van der Waals surface area contributed by atoms with Gasteiger partial charge in [0, 0.05) is 25.1 Å². The quantitative estimate of drug-likeness (QED) is 0.857. The monoisotopic (exact) mass is 387 g/mol. The first kappa shape index (κ1) is 18.6. The van der Waals surface area contributed by atoms with E-state index in [1.54, 1.807) is 0 Å². The molecule has 2 saturated heterocycles. The molecular weight excluding hydrogens is 358 g/mol. The first-order valence-corrected chi connectivity index (χ1v) is 11.0. The van der Waals surface area contributed by atoms with Crippen molar-refractivity contribution in [1.82, 2.24) is 10.2 Å². The third-order valence-corrected chi connectivity index (χ3v) is 6.92. The van der Waals surface area contributed by atoms with E-state index in [2.05, 4.69) is 28.4 Å². The summed E-state index contributed by atoms with van der Waals surface area (Å²) in [6, 6.07) is 16.4. The van der Waals surface area contributed by atoms with Gasteiger partial charge in [0.2, 0.25) is 0 Å². The van der Waals surface area contributed by atoms with Gasteiger partial charge in [-0.3, -0.25) is 9.79 Å². The highest BCUT2D eigenvalue weighted by Gasteiger charge is 2.30. The van der Waals surface area contributed by atoms with Gasteiger partial charge in [0.15, 0.2) is 0 Å². The topological polar surface area (TPSA) is 44.7 Å². The minimum atomic E-state index is 0.185. The van der Waals surface area contributed by atoms with Crippen LogP contribution >= 0.6 is 0 Å². The molecule has 0 bridgehead atoms. The third-order valence-electron chi connectivity index (χ3n) is 6.92. The summed E-state index contributed by atoms with van der Waals surface area (Å²) in [5, 5.41) is 3.46. The molecule has 2 aromatic rings. The zero-order valence-corrected chi connectivity index (χ0v) is 16.9. The molecule has 0 radical (unpaired) electrons. The van der Waals surface area contributed by atoms with Gasteiger partial charge in [0.1, 0.15) is 0 Å². The van der Waals surface area contributed by atoms with Crippen LogP contribution in [-0.2, 0) is 6.42 Å². The van der Waals surface area contributed by atoms with Crippen LogP contribution < -0.4 is 5.32 Å². The molecule has 1 N–H and O–H groups in total. The van der Waals surface area contributed by atoms with Gasteiger partial charge in [-0.2, -0.15) is 0 Å². The van der Waals surface area contributed by atoms with Crippen molar-refractivity contribution < 1.29 is 4.79 Å². The Kier molecular flexibility index (Phi) is 5.19. The minimum absolute atomic E-state index is 0.185. The number of amides is 1. The van der Waals surface area contributed by atoms with E-state index in [1.807, 2.05) is 30.3 Å². The molecule has 0 saturated carbocycles. The van der Waals surface area contributed by atoms with E-state index in [4.69, 9.17) is 4.99 Å². The molecule has 29 heavy (non-hydrogen) atoms. The van der Waals surface area contributed by atoms with Gasteiger partial charge in [-0.05, 0) is 79.9 Å². The Bertz CT molecular complexity index is 907. The van der Waals surface area contributed by atoms with Gasteiger partial charge in [-0.25, -0.2) is 0 Å². The van der Waals surface area contributed by atoms with Crippen LogP contribution in [0.15, 0.2) is 53.5 Å². The average molecular weight is 388 g/mol. The Labute approximate surface area is 173 Å². The number of rotatable bonds is 3. The molecule has 5 rings (SSSR count). The maximum absolute atomic E-state index is 13.1. The number of likely N-dealkylation sites (tertiary alicyclic amines) is 1. The van der Waals surface area contributed by atoms with Gasteiger partial charge >= 0.3 is 0 Å². The molecule has 2 aromatic carbocycles. The van der Waals surface area contributed by atoms with Crippen molar-refractivity contribution >= 4 is 17.3 Å². The molecule has 1 amide bonds. The SMILES string of the molecule is O=C(c1ccc2c(c1)CC(c1ccccc1)=N2)N1CCC(C2CCNCC2)CC1. The number of piperidine rings is 2. The largest absolute Gasteiger partial charge is 0.339 e. The summed E-state index contributed by atoms with van der Waals surface area (Å²) in [7, 11) is 0. The summed E-state index contributed by atoms with van der Waals surface area (Å²) in [5.41, 5.74) is 5.24. The van der Waals surface area contributed by atoms with E-state index in [9.17, 15) is 4.79 Å². The number of fused-ring (bicyclic) bond motifs is 1. The smallest absolute Gasteiger partial charge is 0.253 e. The Morgan fingerprint density at radius 2 is 1.66 bits per heavy atom. The molecule has 150 valence electrons. The molecule has 0 aliphatic carbocycles. The molecule has 0 atom stereocenters.